The van der Waals surface area contributed by atoms with Crippen LogP contribution >= 0.6 is 0 Å². The Hall–Kier alpha value is -1.77. The molecule has 2 N–H and O–H groups in total. The van der Waals surface area contributed by atoms with Gasteiger partial charge < -0.3 is 10.6 Å². The molecule has 1 aromatic carbocycles. The number of hydrogen-bond acceptors (Lipinski definition) is 1. The van der Waals surface area contributed by atoms with Gasteiger partial charge in [0.1, 0.15) is 0 Å². The highest BCUT2D eigenvalue weighted by Gasteiger charge is 2.09. The van der Waals surface area contributed by atoms with E-state index in [0.717, 1.165) is 29.7 Å². The molecule has 0 spiro atoms. The summed E-state index contributed by atoms with van der Waals surface area (Å²) in [5, 5.41) is 5.55. The van der Waals surface area contributed by atoms with Crippen molar-refractivity contribution in [1.29, 1.82) is 0 Å². The number of aryl methyl sites for hydroxylation is 2. The van der Waals surface area contributed by atoms with Crippen LogP contribution < -0.4 is 10.6 Å². The maximum atomic E-state index is 11.7. The molecule has 0 radical (unpaired) electrons. The van der Waals surface area contributed by atoms with Crippen molar-refractivity contribution in [3.63, 3.8) is 0 Å². The Balaban J connectivity index is 2.95. The molecule has 0 aliphatic carbocycles. The number of nitrogens with one attached hydrogen (secondary N) is 2. The number of anilines is 1. The first-order chi connectivity index (χ1) is 8.08. The van der Waals surface area contributed by atoms with Gasteiger partial charge >= 0.3 is 6.03 Å². The lowest BCUT2D eigenvalue weighted by atomic mass is 10.0. The minimum absolute atomic E-state index is 0.229. The van der Waals surface area contributed by atoms with Crippen LogP contribution in [-0.2, 0) is 12.8 Å². The first kappa shape index (κ1) is 13.3. The summed E-state index contributed by atoms with van der Waals surface area (Å²) in [5.41, 5.74) is 3.87. The van der Waals surface area contributed by atoms with Crippen molar-refractivity contribution < 1.29 is 4.79 Å². The topological polar surface area (TPSA) is 41.1 Å². The second-order valence-electron chi connectivity index (χ2n) is 4.02. The summed E-state index contributed by atoms with van der Waals surface area (Å²) in [6.45, 7) is 9.57. The van der Waals surface area contributed by atoms with E-state index in [1.54, 1.807) is 6.92 Å². The van der Waals surface area contributed by atoms with Gasteiger partial charge in [-0.1, -0.05) is 38.6 Å². The molecule has 0 aliphatic heterocycles. The van der Waals surface area contributed by atoms with Gasteiger partial charge in [0, 0.05) is 11.4 Å². The van der Waals surface area contributed by atoms with Gasteiger partial charge in [0.25, 0.3) is 0 Å². The summed E-state index contributed by atoms with van der Waals surface area (Å²) < 4.78 is 0. The summed E-state index contributed by atoms with van der Waals surface area (Å²) in [6, 6.07) is 5.87. The molecule has 3 heteroatoms. The van der Waals surface area contributed by atoms with Crippen LogP contribution in [0.15, 0.2) is 30.5 Å². The molecular weight excluding hydrogens is 212 g/mol. The second-order valence-corrected chi connectivity index (χ2v) is 4.02. The number of carbonyl (C=O) groups excluding carboxylic acids is 1. The molecule has 0 heterocycles. The lowest BCUT2D eigenvalue weighted by molar-refractivity contribution is 0.254. The second kappa shape index (κ2) is 6.09. The van der Waals surface area contributed by atoms with Crippen molar-refractivity contribution in [1.82, 2.24) is 5.32 Å². The first-order valence-electron chi connectivity index (χ1n) is 5.92. The van der Waals surface area contributed by atoms with E-state index >= 15 is 0 Å². The van der Waals surface area contributed by atoms with Gasteiger partial charge in [0.2, 0.25) is 0 Å². The van der Waals surface area contributed by atoms with Gasteiger partial charge in [-0.2, -0.15) is 0 Å². The summed E-state index contributed by atoms with van der Waals surface area (Å²) in [6.07, 6.45) is 1.80. The predicted molar refractivity (Wildman–Crippen MR) is 72.2 cm³/mol. The van der Waals surface area contributed by atoms with Gasteiger partial charge in [0.05, 0.1) is 0 Å². The molecule has 0 atom stereocenters. The molecule has 0 aliphatic rings. The number of carbonyl (C=O) groups is 1. The number of hydrogen-bond donors (Lipinski definition) is 2. The monoisotopic (exact) mass is 232 g/mol. The third-order valence-electron chi connectivity index (χ3n) is 2.56. The fourth-order valence-electron chi connectivity index (χ4n) is 1.74. The predicted octanol–water partition coefficient (Wildman–Crippen LogP) is 3.47. The smallest absolute Gasteiger partial charge is 0.312 e. The van der Waals surface area contributed by atoms with E-state index in [1.165, 1.54) is 0 Å². The Kier molecular flexibility index (Phi) is 4.76. The van der Waals surface area contributed by atoms with E-state index < -0.39 is 0 Å². The molecule has 0 aromatic heterocycles. The highest BCUT2D eigenvalue weighted by molar-refractivity contribution is 5.92. The normalized spacial score (nSPS) is 9.82. The van der Waals surface area contributed by atoms with E-state index in [2.05, 4.69) is 31.1 Å². The SMILES string of the molecule is C=C(C)NC(=O)Nc1c(CC)cccc1CC. The molecule has 0 unspecified atom stereocenters. The zero-order valence-corrected chi connectivity index (χ0v) is 10.8. The van der Waals surface area contributed by atoms with E-state index in [0.29, 0.717) is 5.70 Å². The van der Waals surface area contributed by atoms with Crippen molar-refractivity contribution in [3.05, 3.63) is 41.6 Å². The van der Waals surface area contributed by atoms with Gasteiger partial charge in [-0.3, -0.25) is 0 Å². The van der Waals surface area contributed by atoms with E-state index in [-0.39, 0.29) is 6.03 Å². The highest BCUT2D eigenvalue weighted by atomic mass is 16.2. The van der Waals surface area contributed by atoms with Crippen molar-refractivity contribution in [2.75, 3.05) is 5.32 Å². The Morgan fingerprint density at radius 1 is 1.24 bits per heavy atom. The maximum Gasteiger partial charge on any atom is 0.323 e. The lowest BCUT2D eigenvalue weighted by Gasteiger charge is -2.14. The van der Waals surface area contributed by atoms with Crippen LogP contribution in [0, 0.1) is 0 Å². The average Bonchev–Trinajstić information content (AvgIpc) is 2.28. The third-order valence-corrected chi connectivity index (χ3v) is 2.56. The molecule has 17 heavy (non-hydrogen) atoms. The molecule has 0 saturated heterocycles. The van der Waals surface area contributed by atoms with Crippen molar-refractivity contribution in [2.45, 2.75) is 33.6 Å². The largest absolute Gasteiger partial charge is 0.323 e. The number of allylic oxidation sites excluding steroid dienone is 1. The molecule has 1 rings (SSSR count). The van der Waals surface area contributed by atoms with Crippen LogP contribution in [0.4, 0.5) is 10.5 Å². The van der Waals surface area contributed by atoms with Crippen LogP contribution in [0.25, 0.3) is 0 Å². The van der Waals surface area contributed by atoms with Gasteiger partial charge in [-0.05, 0) is 30.9 Å². The lowest BCUT2D eigenvalue weighted by Crippen LogP contribution is -2.27. The standard InChI is InChI=1S/C14H20N2O/c1-5-11-8-7-9-12(6-2)13(11)16-14(17)15-10(3)4/h7-9H,3,5-6H2,1-2,4H3,(H2,15,16,17). The van der Waals surface area contributed by atoms with Crippen LogP contribution in [-0.4, -0.2) is 6.03 Å². The number of urea groups is 1. The van der Waals surface area contributed by atoms with Crippen molar-refractivity contribution in [2.24, 2.45) is 0 Å². The Morgan fingerprint density at radius 3 is 2.18 bits per heavy atom. The van der Waals surface area contributed by atoms with Crippen LogP contribution in [0.1, 0.15) is 31.9 Å². The third kappa shape index (κ3) is 3.63. The highest BCUT2D eigenvalue weighted by Crippen LogP contribution is 2.22. The Bertz CT molecular complexity index is 402. The molecule has 0 saturated carbocycles. The van der Waals surface area contributed by atoms with Crippen LogP contribution in [0.5, 0.6) is 0 Å². The van der Waals surface area contributed by atoms with Crippen molar-refractivity contribution in [3.8, 4) is 0 Å². The van der Waals surface area contributed by atoms with Crippen LogP contribution in [0.2, 0.25) is 0 Å². The molecule has 1 aromatic rings. The number of para-hydroxylation sites is 1. The fraction of sp³-hybridized carbons (Fsp3) is 0.357. The van der Waals surface area contributed by atoms with E-state index in [9.17, 15) is 4.79 Å². The summed E-state index contributed by atoms with van der Waals surface area (Å²) in [7, 11) is 0. The molecule has 2 amide bonds. The zero-order valence-electron chi connectivity index (χ0n) is 10.8. The van der Waals surface area contributed by atoms with Crippen molar-refractivity contribution >= 4 is 11.7 Å². The van der Waals surface area contributed by atoms with Gasteiger partial charge in [-0.25, -0.2) is 4.79 Å². The summed E-state index contributed by atoms with van der Waals surface area (Å²) >= 11 is 0. The van der Waals surface area contributed by atoms with Gasteiger partial charge in [-0.15, -0.1) is 0 Å². The minimum Gasteiger partial charge on any atom is -0.312 e. The molecular formula is C14H20N2O. The number of benzene rings is 1. The molecule has 92 valence electrons. The quantitative estimate of drug-likeness (QED) is 0.820. The van der Waals surface area contributed by atoms with E-state index in [1.807, 2.05) is 18.2 Å². The fourth-order valence-corrected chi connectivity index (χ4v) is 1.74. The summed E-state index contributed by atoms with van der Waals surface area (Å²) in [5.74, 6) is 0. The minimum atomic E-state index is -0.229. The zero-order chi connectivity index (χ0) is 12.8. The number of amides is 2. The molecule has 0 fully saturated rings. The first-order valence-corrected chi connectivity index (χ1v) is 5.92. The molecule has 0 bridgehead atoms. The Morgan fingerprint density at radius 2 is 1.76 bits per heavy atom. The van der Waals surface area contributed by atoms with Crippen LogP contribution in [0.3, 0.4) is 0 Å². The Labute approximate surface area is 103 Å². The van der Waals surface area contributed by atoms with E-state index in [4.69, 9.17) is 0 Å². The summed E-state index contributed by atoms with van der Waals surface area (Å²) in [4.78, 5) is 11.7. The van der Waals surface area contributed by atoms with Gasteiger partial charge in [0.15, 0.2) is 0 Å². The average molecular weight is 232 g/mol. The maximum absolute atomic E-state index is 11.7. The number of rotatable bonds is 4. The molecule has 3 nitrogen and oxygen atoms in total.